The largest absolute Gasteiger partial charge is 0.391 e. The predicted octanol–water partition coefficient (Wildman–Crippen LogP) is 1.06. The van der Waals surface area contributed by atoms with Gasteiger partial charge in [-0.05, 0) is 37.5 Å². The summed E-state index contributed by atoms with van der Waals surface area (Å²) in [5, 5.41) is 12.4. The predicted molar refractivity (Wildman–Crippen MR) is 73.5 cm³/mol. The molecule has 0 aromatic heterocycles. The van der Waals surface area contributed by atoms with Crippen LogP contribution in [0.3, 0.4) is 0 Å². The van der Waals surface area contributed by atoms with Gasteiger partial charge in [0.05, 0.1) is 12.0 Å². The van der Waals surface area contributed by atoms with Crippen LogP contribution >= 0.6 is 12.4 Å². The van der Waals surface area contributed by atoms with Crippen molar-refractivity contribution in [2.24, 2.45) is 23.5 Å². The monoisotopic (exact) mass is 276 g/mol. The molecule has 2 rings (SSSR count). The quantitative estimate of drug-likeness (QED) is 0.703. The lowest BCUT2D eigenvalue weighted by Gasteiger charge is -2.27. The molecule has 0 saturated heterocycles. The highest BCUT2D eigenvalue weighted by Gasteiger charge is 2.48. The summed E-state index contributed by atoms with van der Waals surface area (Å²) in [6.45, 7) is 2.39. The molecule has 4 nitrogen and oxygen atoms in total. The highest BCUT2D eigenvalue weighted by molar-refractivity contribution is 5.85. The van der Waals surface area contributed by atoms with E-state index in [-0.39, 0.29) is 30.3 Å². The molecule has 0 aromatic carbocycles. The fourth-order valence-electron chi connectivity index (χ4n) is 3.50. The average Bonchev–Trinajstić information content (AvgIpc) is 2.86. The molecule has 1 amide bonds. The Labute approximate surface area is 115 Å². The molecular weight excluding hydrogens is 252 g/mol. The van der Waals surface area contributed by atoms with Gasteiger partial charge in [-0.1, -0.05) is 13.3 Å². The number of amides is 1. The Bertz CT molecular complexity index is 286. The third kappa shape index (κ3) is 3.16. The molecule has 18 heavy (non-hydrogen) atoms. The van der Waals surface area contributed by atoms with Crippen molar-refractivity contribution < 1.29 is 9.90 Å². The summed E-state index contributed by atoms with van der Waals surface area (Å²) in [7, 11) is 0. The van der Waals surface area contributed by atoms with Gasteiger partial charge in [0.1, 0.15) is 0 Å². The first-order valence-corrected chi connectivity index (χ1v) is 6.84. The van der Waals surface area contributed by atoms with Gasteiger partial charge in [-0.2, -0.15) is 0 Å². The number of aliphatic hydroxyl groups excluding tert-OH is 1. The molecule has 5 unspecified atom stereocenters. The number of nitrogens with one attached hydrogen (secondary N) is 1. The average molecular weight is 277 g/mol. The van der Waals surface area contributed by atoms with E-state index in [1.165, 1.54) is 6.42 Å². The van der Waals surface area contributed by atoms with Crippen molar-refractivity contribution in [3.8, 4) is 0 Å². The normalized spacial score (nSPS) is 35.1. The van der Waals surface area contributed by atoms with Crippen LogP contribution in [-0.2, 0) is 4.79 Å². The second-order valence-corrected chi connectivity index (χ2v) is 5.62. The number of fused-ring (bicyclic) bond motifs is 2. The Morgan fingerprint density at radius 1 is 1.44 bits per heavy atom. The van der Waals surface area contributed by atoms with Crippen LogP contribution in [0.4, 0.5) is 0 Å². The molecule has 5 atom stereocenters. The molecule has 2 bridgehead atoms. The number of rotatable bonds is 5. The van der Waals surface area contributed by atoms with Gasteiger partial charge in [0.25, 0.3) is 0 Å². The summed E-state index contributed by atoms with van der Waals surface area (Å²) in [5.41, 5.74) is 6.11. The number of carbonyl (C=O) groups excluding carboxylic acids is 1. The summed E-state index contributed by atoms with van der Waals surface area (Å²) in [6, 6.07) is 0.0390. The zero-order chi connectivity index (χ0) is 12.4. The molecule has 2 aliphatic rings. The molecular formula is C13H25ClN2O2. The van der Waals surface area contributed by atoms with E-state index in [1.54, 1.807) is 0 Å². The highest BCUT2D eigenvalue weighted by atomic mass is 35.5. The van der Waals surface area contributed by atoms with Crippen LogP contribution in [0.1, 0.15) is 39.0 Å². The summed E-state index contributed by atoms with van der Waals surface area (Å²) in [5.74, 6) is 1.08. The Hall–Kier alpha value is -0.320. The standard InChI is InChI=1S/C13H24N2O2.ClH/c1-2-3-10(16)7-15-13(17)11-8-4-5-9(6-8)12(11)14;/h8-12,16H,2-7,14H2,1H3,(H,15,17);1H. The highest BCUT2D eigenvalue weighted by Crippen LogP contribution is 2.47. The van der Waals surface area contributed by atoms with E-state index in [1.807, 2.05) is 6.92 Å². The van der Waals surface area contributed by atoms with Crippen LogP contribution in [0.2, 0.25) is 0 Å². The van der Waals surface area contributed by atoms with Crippen molar-refractivity contribution in [1.82, 2.24) is 5.32 Å². The number of aliphatic hydroxyl groups is 1. The minimum absolute atomic E-state index is 0. The van der Waals surface area contributed by atoms with Crippen molar-refractivity contribution in [1.29, 1.82) is 0 Å². The Morgan fingerprint density at radius 3 is 2.67 bits per heavy atom. The van der Waals surface area contributed by atoms with Gasteiger partial charge >= 0.3 is 0 Å². The molecule has 106 valence electrons. The summed E-state index contributed by atoms with van der Waals surface area (Å²) in [6.07, 6.45) is 4.71. The first kappa shape index (κ1) is 15.7. The lowest BCUT2D eigenvalue weighted by atomic mass is 9.84. The van der Waals surface area contributed by atoms with Crippen LogP contribution in [0.15, 0.2) is 0 Å². The minimum Gasteiger partial charge on any atom is -0.391 e. The topological polar surface area (TPSA) is 75.3 Å². The van der Waals surface area contributed by atoms with Crippen LogP contribution in [0.5, 0.6) is 0 Å². The van der Waals surface area contributed by atoms with Crippen molar-refractivity contribution in [2.45, 2.75) is 51.2 Å². The smallest absolute Gasteiger partial charge is 0.225 e. The van der Waals surface area contributed by atoms with Gasteiger partial charge in [0, 0.05) is 12.6 Å². The molecule has 0 spiro atoms. The summed E-state index contributed by atoms with van der Waals surface area (Å²) >= 11 is 0. The Kier molecular flexibility index (Phi) is 5.89. The number of halogens is 1. The number of hydrogen-bond acceptors (Lipinski definition) is 3. The van der Waals surface area contributed by atoms with Crippen LogP contribution in [0.25, 0.3) is 0 Å². The van der Waals surface area contributed by atoms with Gasteiger partial charge in [-0.3, -0.25) is 4.79 Å². The zero-order valence-electron chi connectivity index (χ0n) is 11.0. The van der Waals surface area contributed by atoms with Crippen molar-refractivity contribution in [3.63, 3.8) is 0 Å². The van der Waals surface area contributed by atoms with Gasteiger partial charge in [-0.15, -0.1) is 12.4 Å². The van der Waals surface area contributed by atoms with E-state index in [2.05, 4.69) is 5.32 Å². The molecule has 0 aliphatic heterocycles. The maximum absolute atomic E-state index is 12.1. The van der Waals surface area contributed by atoms with E-state index < -0.39 is 6.10 Å². The molecule has 0 aromatic rings. The Morgan fingerprint density at radius 2 is 2.11 bits per heavy atom. The fourth-order valence-corrected chi connectivity index (χ4v) is 3.50. The third-order valence-electron chi connectivity index (χ3n) is 4.42. The molecule has 0 radical (unpaired) electrons. The van der Waals surface area contributed by atoms with Crippen LogP contribution in [0, 0.1) is 17.8 Å². The first-order valence-electron chi connectivity index (χ1n) is 6.84. The lowest BCUT2D eigenvalue weighted by molar-refractivity contribution is -0.127. The lowest BCUT2D eigenvalue weighted by Crippen LogP contribution is -2.46. The minimum atomic E-state index is -0.418. The zero-order valence-corrected chi connectivity index (χ0v) is 11.8. The molecule has 5 heteroatoms. The summed E-state index contributed by atoms with van der Waals surface area (Å²) in [4.78, 5) is 12.1. The molecule has 4 N–H and O–H groups in total. The second kappa shape index (κ2) is 6.73. The SMILES string of the molecule is CCCC(O)CNC(=O)C1C2CCC(C2)C1N.Cl. The molecule has 2 saturated carbocycles. The molecule has 2 fully saturated rings. The van der Waals surface area contributed by atoms with Gasteiger partial charge in [-0.25, -0.2) is 0 Å². The summed E-state index contributed by atoms with van der Waals surface area (Å²) < 4.78 is 0. The van der Waals surface area contributed by atoms with Gasteiger partial charge < -0.3 is 16.2 Å². The van der Waals surface area contributed by atoms with E-state index in [0.717, 1.165) is 25.7 Å². The maximum atomic E-state index is 12.1. The number of nitrogens with two attached hydrogens (primary N) is 1. The molecule has 2 aliphatic carbocycles. The van der Waals surface area contributed by atoms with E-state index in [0.29, 0.717) is 18.4 Å². The van der Waals surface area contributed by atoms with Crippen LogP contribution in [-0.4, -0.2) is 29.7 Å². The van der Waals surface area contributed by atoms with Crippen molar-refractivity contribution in [3.05, 3.63) is 0 Å². The van der Waals surface area contributed by atoms with Crippen molar-refractivity contribution in [2.75, 3.05) is 6.54 Å². The fraction of sp³-hybridized carbons (Fsp3) is 0.923. The van der Waals surface area contributed by atoms with E-state index in [4.69, 9.17) is 5.73 Å². The molecule has 0 heterocycles. The number of hydrogen-bond donors (Lipinski definition) is 3. The van der Waals surface area contributed by atoms with E-state index >= 15 is 0 Å². The second-order valence-electron chi connectivity index (χ2n) is 5.62. The van der Waals surface area contributed by atoms with Gasteiger partial charge in [0.15, 0.2) is 0 Å². The van der Waals surface area contributed by atoms with Crippen LogP contribution < -0.4 is 11.1 Å². The first-order chi connectivity index (χ1) is 8.13. The Balaban J connectivity index is 0.00000162. The van der Waals surface area contributed by atoms with Crippen molar-refractivity contribution >= 4 is 18.3 Å². The number of carbonyl (C=O) groups is 1. The third-order valence-corrected chi connectivity index (χ3v) is 4.42. The van der Waals surface area contributed by atoms with Gasteiger partial charge in [0.2, 0.25) is 5.91 Å². The maximum Gasteiger partial charge on any atom is 0.225 e. The van der Waals surface area contributed by atoms with E-state index in [9.17, 15) is 9.90 Å².